The number of benzene rings is 1. The van der Waals surface area contributed by atoms with E-state index in [0.29, 0.717) is 29.4 Å². The van der Waals surface area contributed by atoms with Crippen molar-refractivity contribution in [2.45, 2.75) is 26.7 Å². The Hall–Kier alpha value is -3.28. The first kappa shape index (κ1) is 15.9. The van der Waals surface area contributed by atoms with Crippen LogP contribution in [0.1, 0.15) is 32.4 Å². The van der Waals surface area contributed by atoms with Gasteiger partial charge in [-0.2, -0.15) is 5.10 Å². The number of pyridine rings is 1. The molecule has 0 saturated carbocycles. The Kier molecular flexibility index (Phi) is 4.01. The van der Waals surface area contributed by atoms with Crippen molar-refractivity contribution in [2.24, 2.45) is 7.05 Å². The highest BCUT2D eigenvalue weighted by Crippen LogP contribution is 2.27. The van der Waals surface area contributed by atoms with Crippen LogP contribution in [-0.2, 0) is 7.05 Å². The lowest BCUT2D eigenvalue weighted by molar-refractivity contribution is 0.756. The summed E-state index contributed by atoms with van der Waals surface area (Å²) in [6.07, 6.45) is 5.38. The van der Waals surface area contributed by atoms with Crippen molar-refractivity contribution in [3.63, 3.8) is 0 Å². The van der Waals surface area contributed by atoms with Gasteiger partial charge in [-0.1, -0.05) is 32.0 Å². The molecule has 0 saturated heterocycles. The van der Waals surface area contributed by atoms with Crippen molar-refractivity contribution in [1.82, 2.24) is 24.7 Å². The lowest BCUT2D eigenvalue weighted by Gasteiger charge is -2.12. The van der Waals surface area contributed by atoms with Gasteiger partial charge in [-0.15, -0.1) is 0 Å². The molecule has 0 radical (unpaired) electrons. The first-order chi connectivity index (χ1) is 13.4. The molecule has 0 atom stereocenters. The lowest BCUT2D eigenvalue weighted by atomic mass is 9.97. The van der Waals surface area contributed by atoms with Crippen molar-refractivity contribution in [1.29, 1.82) is 0 Å². The second-order valence-electron chi connectivity index (χ2n) is 6.90. The molecule has 6 heteroatoms. The molecule has 0 aliphatic carbocycles. The van der Waals surface area contributed by atoms with Crippen molar-refractivity contribution < 1.29 is 1.37 Å². The van der Waals surface area contributed by atoms with E-state index < -0.39 is 0 Å². The van der Waals surface area contributed by atoms with Gasteiger partial charge >= 0.3 is 0 Å². The molecule has 6 nitrogen and oxygen atoms in total. The minimum absolute atomic E-state index is 0.359. The van der Waals surface area contributed by atoms with Gasteiger partial charge in [0, 0.05) is 31.0 Å². The molecule has 4 rings (SSSR count). The smallest absolute Gasteiger partial charge is 0.164 e. The molecule has 27 heavy (non-hydrogen) atoms. The number of hydrogen-bond donors (Lipinski definition) is 1. The molecule has 3 aromatic heterocycles. The minimum atomic E-state index is 0.359. The van der Waals surface area contributed by atoms with Gasteiger partial charge < -0.3 is 5.32 Å². The summed E-state index contributed by atoms with van der Waals surface area (Å²) in [6.45, 7) is 6.24. The molecule has 4 aromatic rings. The Balaban J connectivity index is 1.71. The number of rotatable bonds is 4. The molecule has 1 aromatic carbocycles. The first-order valence-corrected chi connectivity index (χ1v) is 8.92. The van der Waals surface area contributed by atoms with E-state index in [1.165, 1.54) is 5.56 Å². The van der Waals surface area contributed by atoms with Crippen LogP contribution in [0.15, 0.2) is 48.9 Å². The SMILES string of the molecule is [2H]c1ccc(C(C)C)c2cc(Nc3ccnc(-c4cn(C)nc4C)n3)ncc12. The average Bonchev–Trinajstić information content (AvgIpc) is 3.00. The summed E-state index contributed by atoms with van der Waals surface area (Å²) in [7, 11) is 1.88. The standard InChI is InChI=1S/C21H22N6/c1-13(2)16-7-5-6-15-11-23-20(10-17(15)16)24-19-8-9-22-21(25-19)18-12-27(4)26-14(18)3/h5-13H,1-4H3,(H,22,23,24,25)/i6D. The van der Waals surface area contributed by atoms with Crippen LogP contribution >= 0.6 is 0 Å². The average molecular weight is 359 g/mol. The Morgan fingerprint density at radius 3 is 2.78 bits per heavy atom. The van der Waals surface area contributed by atoms with E-state index in [2.05, 4.69) is 39.2 Å². The molecule has 0 unspecified atom stereocenters. The van der Waals surface area contributed by atoms with Crippen molar-refractivity contribution in [2.75, 3.05) is 5.32 Å². The van der Waals surface area contributed by atoms with E-state index in [-0.39, 0.29) is 0 Å². The van der Waals surface area contributed by atoms with Gasteiger partial charge in [0.2, 0.25) is 0 Å². The van der Waals surface area contributed by atoms with Crippen LogP contribution in [0.3, 0.4) is 0 Å². The number of nitrogens with zero attached hydrogens (tertiary/aromatic N) is 5. The molecule has 0 fully saturated rings. The molecule has 1 N–H and O–H groups in total. The normalized spacial score (nSPS) is 11.8. The first-order valence-electron chi connectivity index (χ1n) is 9.42. The van der Waals surface area contributed by atoms with Crippen molar-refractivity contribution in [3.8, 4) is 11.4 Å². The number of anilines is 2. The molecule has 0 amide bonds. The summed E-state index contributed by atoms with van der Waals surface area (Å²) in [5.41, 5.74) is 2.98. The van der Waals surface area contributed by atoms with Crippen LogP contribution in [-0.4, -0.2) is 24.7 Å². The van der Waals surface area contributed by atoms with Crippen LogP contribution in [0.25, 0.3) is 22.2 Å². The highest BCUT2D eigenvalue weighted by Gasteiger charge is 2.11. The highest BCUT2D eigenvalue weighted by molar-refractivity contribution is 5.88. The largest absolute Gasteiger partial charge is 0.325 e. The van der Waals surface area contributed by atoms with E-state index in [4.69, 9.17) is 1.37 Å². The van der Waals surface area contributed by atoms with Crippen LogP contribution in [0, 0.1) is 6.92 Å². The van der Waals surface area contributed by atoms with Gasteiger partial charge in [0.25, 0.3) is 0 Å². The summed E-state index contributed by atoms with van der Waals surface area (Å²) >= 11 is 0. The van der Waals surface area contributed by atoms with Crippen LogP contribution in [0.2, 0.25) is 0 Å². The van der Waals surface area contributed by atoms with Crippen LogP contribution in [0.5, 0.6) is 0 Å². The van der Waals surface area contributed by atoms with E-state index in [9.17, 15) is 0 Å². The number of fused-ring (bicyclic) bond motifs is 1. The summed E-state index contributed by atoms with van der Waals surface area (Å²) in [6, 6.07) is 8.13. The number of hydrogen-bond acceptors (Lipinski definition) is 5. The monoisotopic (exact) mass is 359 g/mol. The van der Waals surface area contributed by atoms with Gasteiger partial charge in [-0.05, 0) is 35.9 Å². The zero-order valence-corrected chi connectivity index (χ0v) is 15.9. The Bertz CT molecular complexity index is 1160. The fraction of sp³-hybridized carbons (Fsp3) is 0.238. The third-order valence-electron chi connectivity index (χ3n) is 4.50. The molecule has 0 aliphatic rings. The van der Waals surface area contributed by atoms with Gasteiger partial charge in [0.15, 0.2) is 5.82 Å². The third kappa shape index (κ3) is 3.38. The van der Waals surface area contributed by atoms with Gasteiger partial charge in [0.05, 0.1) is 12.6 Å². The van der Waals surface area contributed by atoms with E-state index >= 15 is 0 Å². The highest BCUT2D eigenvalue weighted by atomic mass is 15.3. The molecule has 0 spiro atoms. The van der Waals surface area contributed by atoms with Gasteiger partial charge in [-0.3, -0.25) is 4.68 Å². The van der Waals surface area contributed by atoms with Crippen molar-refractivity contribution >= 4 is 22.4 Å². The topological polar surface area (TPSA) is 68.5 Å². The van der Waals surface area contributed by atoms with Gasteiger partial charge in [0.1, 0.15) is 11.6 Å². The predicted octanol–water partition coefficient (Wildman–Crippen LogP) is 4.60. The van der Waals surface area contributed by atoms with Crippen molar-refractivity contribution in [3.05, 3.63) is 60.2 Å². The zero-order chi connectivity index (χ0) is 19.8. The van der Waals surface area contributed by atoms with E-state index in [1.807, 2.05) is 44.4 Å². The number of aryl methyl sites for hydroxylation is 2. The number of nitrogens with one attached hydrogen (secondary N) is 1. The minimum Gasteiger partial charge on any atom is -0.325 e. The number of aromatic nitrogens is 5. The molecule has 0 aliphatic heterocycles. The summed E-state index contributed by atoms with van der Waals surface area (Å²) in [5, 5.41) is 9.52. The maximum absolute atomic E-state index is 8.15. The van der Waals surface area contributed by atoms with Gasteiger partial charge in [-0.25, -0.2) is 15.0 Å². The Labute approximate surface area is 159 Å². The molecular weight excluding hydrogens is 336 g/mol. The molecule has 3 heterocycles. The third-order valence-corrected chi connectivity index (χ3v) is 4.50. The molecule has 0 bridgehead atoms. The fourth-order valence-electron chi connectivity index (χ4n) is 3.20. The maximum atomic E-state index is 8.15. The van der Waals surface area contributed by atoms with Crippen LogP contribution < -0.4 is 5.32 Å². The Morgan fingerprint density at radius 2 is 2.04 bits per heavy atom. The van der Waals surface area contributed by atoms with Crippen LogP contribution in [0.4, 0.5) is 11.6 Å². The van der Waals surface area contributed by atoms with E-state index in [1.54, 1.807) is 17.1 Å². The summed E-state index contributed by atoms with van der Waals surface area (Å²) in [5.74, 6) is 2.33. The van der Waals surface area contributed by atoms with E-state index in [0.717, 1.165) is 22.0 Å². The fourth-order valence-corrected chi connectivity index (χ4v) is 3.20. The predicted molar refractivity (Wildman–Crippen MR) is 108 cm³/mol. The molecule has 136 valence electrons. The second kappa shape index (κ2) is 6.79. The summed E-state index contributed by atoms with van der Waals surface area (Å²) < 4.78 is 9.90. The zero-order valence-electron chi connectivity index (χ0n) is 16.9. The summed E-state index contributed by atoms with van der Waals surface area (Å²) in [4.78, 5) is 13.5. The second-order valence-corrected chi connectivity index (χ2v) is 6.90. The Morgan fingerprint density at radius 1 is 1.19 bits per heavy atom. The quantitative estimate of drug-likeness (QED) is 0.577. The maximum Gasteiger partial charge on any atom is 0.164 e. The molecular formula is C21H22N6. The lowest BCUT2D eigenvalue weighted by Crippen LogP contribution is -1.99.